The number of nitrogen functional groups attached to an aromatic ring is 1. The van der Waals surface area contributed by atoms with Crippen molar-refractivity contribution in [2.24, 2.45) is 0 Å². The van der Waals surface area contributed by atoms with E-state index in [1.54, 1.807) is 6.07 Å². The van der Waals surface area contributed by atoms with E-state index in [1.165, 1.54) is 29.5 Å². The van der Waals surface area contributed by atoms with Gasteiger partial charge in [0, 0.05) is 23.4 Å². The summed E-state index contributed by atoms with van der Waals surface area (Å²) >= 11 is 7.48. The average Bonchev–Trinajstić information content (AvgIpc) is 2.84. The summed E-state index contributed by atoms with van der Waals surface area (Å²) in [7, 11) is 0. The molecule has 0 bridgehead atoms. The van der Waals surface area contributed by atoms with Crippen molar-refractivity contribution in [1.29, 1.82) is 0 Å². The van der Waals surface area contributed by atoms with Crippen LogP contribution in [-0.2, 0) is 0 Å². The van der Waals surface area contributed by atoms with Gasteiger partial charge < -0.3 is 5.73 Å². The lowest BCUT2D eigenvalue weighted by atomic mass is 10.1. The molecule has 7 heteroatoms. The molecule has 2 aromatic carbocycles. The predicted molar refractivity (Wildman–Crippen MR) is 81.1 cm³/mol. The van der Waals surface area contributed by atoms with Gasteiger partial charge in [-0.15, -0.1) is 11.3 Å². The molecule has 0 saturated heterocycles. The van der Waals surface area contributed by atoms with Gasteiger partial charge in [-0.05, 0) is 18.2 Å². The first-order valence-electron chi connectivity index (χ1n) is 5.65. The number of nitrogens with zero attached hydrogens (tertiary/aromatic N) is 2. The highest BCUT2D eigenvalue weighted by Gasteiger charge is 2.15. The monoisotopic (exact) mass is 305 g/mol. The van der Waals surface area contributed by atoms with Gasteiger partial charge in [0.05, 0.1) is 20.2 Å². The summed E-state index contributed by atoms with van der Waals surface area (Å²) in [5, 5.41) is 12.1. The van der Waals surface area contributed by atoms with Crippen LogP contribution in [0.4, 0.5) is 11.4 Å². The molecule has 0 amide bonds. The van der Waals surface area contributed by atoms with Gasteiger partial charge in [0.25, 0.3) is 5.69 Å². The Morgan fingerprint density at radius 2 is 2.10 bits per heavy atom. The third-order valence-electron chi connectivity index (χ3n) is 2.85. The van der Waals surface area contributed by atoms with E-state index in [1.807, 2.05) is 12.1 Å². The molecule has 0 unspecified atom stereocenters. The number of nitro benzene ring substituents is 1. The van der Waals surface area contributed by atoms with Crippen molar-refractivity contribution in [3.8, 4) is 10.6 Å². The summed E-state index contributed by atoms with van der Waals surface area (Å²) in [5.41, 5.74) is 7.63. The normalized spacial score (nSPS) is 10.8. The number of non-ortho nitro benzene ring substituents is 1. The third kappa shape index (κ3) is 2.09. The summed E-state index contributed by atoms with van der Waals surface area (Å²) in [5.74, 6) is 0. The molecule has 20 heavy (non-hydrogen) atoms. The van der Waals surface area contributed by atoms with Crippen LogP contribution in [0.2, 0.25) is 5.02 Å². The van der Waals surface area contributed by atoms with Crippen LogP contribution in [-0.4, -0.2) is 9.91 Å². The molecule has 1 heterocycles. The third-order valence-corrected chi connectivity index (χ3v) is 4.41. The number of fused-ring (bicyclic) bond motifs is 1. The largest absolute Gasteiger partial charge is 0.398 e. The second kappa shape index (κ2) is 4.73. The zero-order valence-electron chi connectivity index (χ0n) is 10.0. The first kappa shape index (κ1) is 12.8. The lowest BCUT2D eigenvalue weighted by molar-refractivity contribution is -0.384. The molecule has 0 radical (unpaired) electrons. The molecule has 0 aliphatic heterocycles. The van der Waals surface area contributed by atoms with Gasteiger partial charge >= 0.3 is 0 Å². The number of aromatic nitrogens is 1. The molecule has 2 N–H and O–H groups in total. The summed E-state index contributed by atoms with van der Waals surface area (Å²) in [6, 6.07) is 9.75. The molecular formula is C13H8ClN3O2S. The van der Waals surface area contributed by atoms with Gasteiger partial charge in [-0.3, -0.25) is 10.1 Å². The predicted octanol–water partition coefficient (Wildman–Crippen LogP) is 4.11. The molecule has 1 aromatic heterocycles. The molecule has 5 nitrogen and oxygen atoms in total. The quantitative estimate of drug-likeness (QED) is 0.439. The van der Waals surface area contributed by atoms with Gasteiger partial charge in [0.15, 0.2) is 0 Å². The number of hydrogen-bond acceptors (Lipinski definition) is 5. The van der Waals surface area contributed by atoms with Crippen molar-refractivity contribution in [1.82, 2.24) is 4.98 Å². The lowest BCUT2D eigenvalue weighted by Crippen LogP contribution is -1.93. The van der Waals surface area contributed by atoms with Gasteiger partial charge in [-0.1, -0.05) is 17.7 Å². The van der Waals surface area contributed by atoms with Gasteiger partial charge in [-0.25, -0.2) is 4.98 Å². The minimum Gasteiger partial charge on any atom is -0.398 e. The van der Waals surface area contributed by atoms with Crippen LogP contribution < -0.4 is 5.73 Å². The van der Waals surface area contributed by atoms with Gasteiger partial charge in [-0.2, -0.15) is 0 Å². The van der Waals surface area contributed by atoms with E-state index in [-0.39, 0.29) is 5.69 Å². The molecule has 3 aromatic rings. The van der Waals surface area contributed by atoms with Crippen molar-refractivity contribution >= 4 is 44.5 Å². The Hall–Kier alpha value is -2.18. The Labute approximate surface area is 122 Å². The number of halogens is 1. The Kier molecular flexibility index (Phi) is 3.04. The van der Waals surface area contributed by atoms with E-state index in [0.717, 1.165) is 10.2 Å². The summed E-state index contributed by atoms with van der Waals surface area (Å²) < 4.78 is 0.843. The van der Waals surface area contributed by atoms with E-state index < -0.39 is 4.92 Å². The SMILES string of the molecule is Nc1ccc([N+](=O)[O-])cc1-c1nc2cccc(Cl)c2s1. The number of nitrogens with two attached hydrogens (primary N) is 1. The maximum Gasteiger partial charge on any atom is 0.270 e. The Bertz CT molecular complexity index is 832. The molecular weight excluding hydrogens is 298 g/mol. The number of rotatable bonds is 2. The lowest BCUT2D eigenvalue weighted by Gasteiger charge is -2.01. The number of hydrogen-bond donors (Lipinski definition) is 1. The summed E-state index contributed by atoms with van der Waals surface area (Å²) in [6.07, 6.45) is 0. The van der Waals surface area contributed by atoms with Crippen LogP contribution in [0.5, 0.6) is 0 Å². The van der Waals surface area contributed by atoms with Crippen LogP contribution in [0.15, 0.2) is 36.4 Å². The maximum atomic E-state index is 10.8. The molecule has 0 spiro atoms. The van der Waals surface area contributed by atoms with Crippen molar-refractivity contribution < 1.29 is 4.92 Å². The van der Waals surface area contributed by atoms with Crippen LogP contribution >= 0.6 is 22.9 Å². The van der Waals surface area contributed by atoms with Crippen LogP contribution in [0, 0.1) is 10.1 Å². The standard InChI is InChI=1S/C13H8ClN3O2S/c14-9-2-1-3-11-12(9)20-13(16-11)8-6-7(17(18)19)4-5-10(8)15/h1-6H,15H2. The molecule has 0 aliphatic carbocycles. The maximum absolute atomic E-state index is 10.8. The minimum absolute atomic E-state index is 0.0143. The van der Waals surface area contributed by atoms with E-state index in [2.05, 4.69) is 4.98 Å². The fourth-order valence-corrected chi connectivity index (χ4v) is 3.17. The minimum atomic E-state index is -0.455. The fraction of sp³-hybridized carbons (Fsp3) is 0. The van der Waals surface area contributed by atoms with E-state index in [0.29, 0.717) is 21.3 Å². The summed E-state index contributed by atoms with van der Waals surface area (Å²) in [4.78, 5) is 14.8. The highest BCUT2D eigenvalue weighted by atomic mass is 35.5. The molecule has 0 fully saturated rings. The van der Waals surface area contributed by atoms with Crippen molar-refractivity contribution in [3.05, 3.63) is 51.5 Å². The smallest absolute Gasteiger partial charge is 0.270 e. The first-order chi connectivity index (χ1) is 9.56. The van der Waals surface area contributed by atoms with Crippen LogP contribution in [0.25, 0.3) is 20.8 Å². The number of anilines is 1. The van der Waals surface area contributed by atoms with E-state index in [9.17, 15) is 10.1 Å². The van der Waals surface area contributed by atoms with Crippen LogP contribution in [0.1, 0.15) is 0 Å². The van der Waals surface area contributed by atoms with E-state index >= 15 is 0 Å². The average molecular weight is 306 g/mol. The first-order valence-corrected chi connectivity index (χ1v) is 6.85. The number of thiazole rings is 1. The highest BCUT2D eigenvalue weighted by molar-refractivity contribution is 7.22. The zero-order chi connectivity index (χ0) is 14.3. The molecule has 0 aliphatic rings. The van der Waals surface area contributed by atoms with Crippen molar-refractivity contribution in [2.45, 2.75) is 0 Å². The molecule has 3 rings (SSSR count). The number of benzene rings is 2. The molecule has 0 atom stereocenters. The van der Waals surface area contributed by atoms with Gasteiger partial charge in [0.2, 0.25) is 0 Å². The highest BCUT2D eigenvalue weighted by Crippen LogP contribution is 2.37. The Balaban J connectivity index is 2.22. The van der Waals surface area contributed by atoms with Crippen molar-refractivity contribution in [3.63, 3.8) is 0 Å². The van der Waals surface area contributed by atoms with E-state index in [4.69, 9.17) is 17.3 Å². The van der Waals surface area contributed by atoms with Gasteiger partial charge in [0.1, 0.15) is 5.01 Å². The second-order valence-corrected chi connectivity index (χ2v) is 5.54. The Morgan fingerprint density at radius 1 is 1.30 bits per heavy atom. The summed E-state index contributed by atoms with van der Waals surface area (Å²) in [6.45, 7) is 0. The molecule has 100 valence electrons. The second-order valence-electron chi connectivity index (χ2n) is 4.14. The van der Waals surface area contributed by atoms with Crippen LogP contribution in [0.3, 0.4) is 0 Å². The topological polar surface area (TPSA) is 82.0 Å². The van der Waals surface area contributed by atoms with Crippen molar-refractivity contribution in [2.75, 3.05) is 5.73 Å². The fourth-order valence-electron chi connectivity index (χ4n) is 1.87. The zero-order valence-corrected chi connectivity index (χ0v) is 11.6. The Morgan fingerprint density at radius 3 is 2.80 bits per heavy atom. The molecule has 0 saturated carbocycles. The number of nitro groups is 1.